The van der Waals surface area contributed by atoms with Crippen molar-refractivity contribution in [2.24, 2.45) is 4.99 Å². The zero-order chi connectivity index (χ0) is 21.1. The number of nitro groups is 2. The van der Waals surface area contributed by atoms with Crippen LogP contribution in [0.3, 0.4) is 0 Å². The van der Waals surface area contributed by atoms with Crippen molar-refractivity contribution < 1.29 is 24.5 Å². The van der Waals surface area contributed by atoms with Crippen LogP contribution >= 0.6 is 11.8 Å². The summed E-state index contributed by atoms with van der Waals surface area (Å²) in [4.78, 5) is 36.8. The van der Waals surface area contributed by atoms with Crippen molar-refractivity contribution in [3.8, 4) is 11.5 Å². The second-order valence-electron chi connectivity index (χ2n) is 5.60. The Hall–Kier alpha value is -3.93. The number of carbonyl (C=O) groups is 1. The number of phenols is 1. The highest BCUT2D eigenvalue weighted by Crippen LogP contribution is 2.37. The first-order valence-electron chi connectivity index (χ1n) is 7.88. The van der Waals surface area contributed by atoms with E-state index >= 15 is 0 Å². The van der Waals surface area contributed by atoms with Gasteiger partial charge in [-0.1, -0.05) is 0 Å². The van der Waals surface area contributed by atoms with Crippen molar-refractivity contribution in [1.82, 2.24) is 5.32 Å². The van der Waals surface area contributed by atoms with Crippen LogP contribution < -0.4 is 10.1 Å². The van der Waals surface area contributed by atoms with Gasteiger partial charge in [-0.15, -0.1) is 0 Å². The molecule has 3 rings (SSSR count). The standard InChI is InChI=1S/C17H12N4O7S/c1-28-12-4-2-10(3-5-12)18-17-19-16(23)14(29-17)7-9-6-11(20(24)25)8-13(15(9)22)21(26)27/h2-8,22H,1H3,(H,18,19,23)/b14-7+. The van der Waals surface area contributed by atoms with E-state index in [1.54, 1.807) is 24.3 Å². The summed E-state index contributed by atoms with van der Waals surface area (Å²) in [6.07, 6.45) is 1.13. The molecule has 12 heteroatoms. The quantitative estimate of drug-likeness (QED) is 0.427. The number of amidine groups is 1. The van der Waals surface area contributed by atoms with Crippen LogP contribution in [0.5, 0.6) is 11.5 Å². The molecule has 29 heavy (non-hydrogen) atoms. The van der Waals surface area contributed by atoms with Crippen LogP contribution in [0.2, 0.25) is 0 Å². The fourth-order valence-electron chi connectivity index (χ4n) is 2.38. The second-order valence-corrected chi connectivity index (χ2v) is 6.63. The molecule has 1 fully saturated rings. The Balaban J connectivity index is 1.94. The lowest BCUT2D eigenvalue weighted by atomic mass is 10.1. The van der Waals surface area contributed by atoms with Gasteiger partial charge >= 0.3 is 5.69 Å². The first-order chi connectivity index (χ1) is 13.8. The molecule has 2 aromatic rings. The third-order valence-electron chi connectivity index (χ3n) is 3.75. The molecule has 0 aliphatic carbocycles. The van der Waals surface area contributed by atoms with Gasteiger partial charge in [-0.25, -0.2) is 4.99 Å². The SMILES string of the molecule is COc1ccc(N=C2NC(=O)/C(=C\c3cc([N+](=O)[O-])cc([N+](=O)[O-])c3O)S2)cc1. The van der Waals surface area contributed by atoms with E-state index in [4.69, 9.17) is 4.74 Å². The molecule has 0 bridgehead atoms. The fourth-order valence-corrected chi connectivity index (χ4v) is 3.21. The van der Waals surface area contributed by atoms with Gasteiger partial charge in [0.15, 0.2) is 5.17 Å². The average Bonchev–Trinajstić information content (AvgIpc) is 3.02. The first kappa shape index (κ1) is 19.8. The summed E-state index contributed by atoms with van der Waals surface area (Å²) in [7, 11) is 1.53. The van der Waals surface area contributed by atoms with Crippen LogP contribution in [-0.2, 0) is 4.79 Å². The Morgan fingerprint density at radius 1 is 1.17 bits per heavy atom. The number of carbonyl (C=O) groups excluding carboxylic acids is 1. The van der Waals surface area contributed by atoms with E-state index in [0.717, 1.165) is 23.9 Å². The maximum atomic E-state index is 12.2. The van der Waals surface area contributed by atoms with Crippen LogP contribution in [0.4, 0.5) is 17.1 Å². The zero-order valence-electron chi connectivity index (χ0n) is 14.7. The van der Waals surface area contributed by atoms with Gasteiger partial charge in [0, 0.05) is 11.6 Å². The number of benzene rings is 2. The topological polar surface area (TPSA) is 157 Å². The summed E-state index contributed by atoms with van der Waals surface area (Å²) < 4.78 is 5.05. The Morgan fingerprint density at radius 3 is 2.45 bits per heavy atom. The summed E-state index contributed by atoms with van der Waals surface area (Å²) >= 11 is 0.924. The van der Waals surface area contributed by atoms with Gasteiger partial charge in [0.2, 0.25) is 5.75 Å². The Labute approximate surface area is 167 Å². The summed E-state index contributed by atoms with van der Waals surface area (Å²) in [5.41, 5.74) is -1.10. The van der Waals surface area contributed by atoms with Crippen molar-refractivity contribution in [2.45, 2.75) is 0 Å². The van der Waals surface area contributed by atoms with E-state index in [0.29, 0.717) is 17.5 Å². The number of nitro benzene ring substituents is 2. The molecule has 0 unspecified atom stereocenters. The molecule has 0 radical (unpaired) electrons. The van der Waals surface area contributed by atoms with Gasteiger partial charge in [-0.05, 0) is 42.1 Å². The third kappa shape index (κ3) is 4.32. The minimum atomic E-state index is -0.942. The van der Waals surface area contributed by atoms with Crippen molar-refractivity contribution in [3.05, 3.63) is 67.1 Å². The fraction of sp³-hybridized carbons (Fsp3) is 0.0588. The highest BCUT2D eigenvalue weighted by Gasteiger charge is 2.27. The second kappa shape index (κ2) is 7.98. The predicted octanol–water partition coefficient (Wildman–Crippen LogP) is 3.11. The molecular formula is C17H12N4O7S. The van der Waals surface area contributed by atoms with Crippen molar-refractivity contribution in [2.75, 3.05) is 7.11 Å². The van der Waals surface area contributed by atoms with Crippen LogP contribution in [0, 0.1) is 20.2 Å². The van der Waals surface area contributed by atoms with Crippen LogP contribution in [0.15, 0.2) is 46.3 Å². The molecule has 11 nitrogen and oxygen atoms in total. The minimum Gasteiger partial charge on any atom is -0.502 e. The molecule has 0 aromatic heterocycles. The molecule has 2 N–H and O–H groups in total. The number of aliphatic imine (C=N–C) groups is 1. The zero-order valence-corrected chi connectivity index (χ0v) is 15.5. The first-order valence-corrected chi connectivity index (χ1v) is 8.69. The van der Waals surface area contributed by atoms with E-state index in [1.165, 1.54) is 7.11 Å². The summed E-state index contributed by atoms with van der Waals surface area (Å²) in [5.74, 6) is -0.696. The van der Waals surface area contributed by atoms with Gasteiger partial charge < -0.3 is 15.2 Å². The van der Waals surface area contributed by atoms with Gasteiger partial charge in [0.05, 0.1) is 33.6 Å². The van der Waals surface area contributed by atoms with E-state index in [9.17, 15) is 30.1 Å². The number of amides is 1. The number of nitrogens with one attached hydrogen (secondary N) is 1. The number of methoxy groups -OCH3 is 1. The molecule has 1 aliphatic heterocycles. The highest BCUT2D eigenvalue weighted by atomic mass is 32.2. The lowest BCUT2D eigenvalue weighted by Gasteiger charge is -2.02. The van der Waals surface area contributed by atoms with Crippen molar-refractivity contribution in [3.63, 3.8) is 0 Å². The van der Waals surface area contributed by atoms with Crippen molar-refractivity contribution in [1.29, 1.82) is 0 Å². The largest absolute Gasteiger partial charge is 0.502 e. The number of aromatic hydroxyl groups is 1. The number of non-ortho nitro benzene ring substituents is 1. The van der Waals surface area contributed by atoms with E-state index < -0.39 is 32.9 Å². The molecule has 1 amide bonds. The normalized spacial score (nSPS) is 16.1. The maximum Gasteiger partial charge on any atom is 0.318 e. The Kier molecular flexibility index (Phi) is 5.45. The molecule has 0 saturated carbocycles. The molecule has 0 spiro atoms. The molecule has 148 valence electrons. The van der Waals surface area contributed by atoms with Gasteiger partial charge in [-0.3, -0.25) is 25.0 Å². The molecular weight excluding hydrogens is 404 g/mol. The number of ether oxygens (including phenoxy) is 1. The maximum absolute atomic E-state index is 12.2. The van der Waals surface area contributed by atoms with E-state index in [1.807, 2.05) is 0 Å². The Bertz CT molecular complexity index is 1080. The van der Waals surface area contributed by atoms with Gasteiger partial charge in [0.1, 0.15) is 5.75 Å². The van der Waals surface area contributed by atoms with Crippen LogP contribution in [0.1, 0.15) is 5.56 Å². The number of phenolic OH excluding ortho intramolecular Hbond substituents is 1. The third-order valence-corrected chi connectivity index (χ3v) is 4.66. The summed E-state index contributed by atoms with van der Waals surface area (Å²) in [6, 6.07) is 8.33. The predicted molar refractivity (Wildman–Crippen MR) is 105 cm³/mol. The molecule has 1 saturated heterocycles. The molecule has 1 heterocycles. The van der Waals surface area contributed by atoms with Crippen LogP contribution in [-0.4, -0.2) is 33.1 Å². The monoisotopic (exact) mass is 416 g/mol. The van der Waals surface area contributed by atoms with Gasteiger partial charge in [-0.2, -0.15) is 0 Å². The lowest BCUT2D eigenvalue weighted by molar-refractivity contribution is -0.394. The minimum absolute atomic E-state index is 0.0577. The number of rotatable bonds is 5. The van der Waals surface area contributed by atoms with E-state index in [2.05, 4.69) is 10.3 Å². The smallest absolute Gasteiger partial charge is 0.318 e. The average molecular weight is 416 g/mol. The Morgan fingerprint density at radius 2 is 1.86 bits per heavy atom. The van der Waals surface area contributed by atoms with Crippen LogP contribution in [0.25, 0.3) is 6.08 Å². The number of thioether (sulfide) groups is 1. The number of hydrogen-bond donors (Lipinski definition) is 2. The summed E-state index contributed by atoms with van der Waals surface area (Å²) in [6.45, 7) is 0. The summed E-state index contributed by atoms with van der Waals surface area (Å²) in [5, 5.41) is 34.9. The number of hydrogen-bond acceptors (Lipinski definition) is 9. The molecule has 2 aromatic carbocycles. The van der Waals surface area contributed by atoms with Gasteiger partial charge in [0.25, 0.3) is 11.6 Å². The van der Waals surface area contributed by atoms with E-state index in [-0.39, 0.29) is 15.6 Å². The molecule has 1 aliphatic rings. The van der Waals surface area contributed by atoms with Crippen molar-refractivity contribution >= 4 is 46.0 Å². The number of nitrogens with zero attached hydrogens (tertiary/aromatic N) is 3. The molecule has 0 atom stereocenters. The lowest BCUT2D eigenvalue weighted by Crippen LogP contribution is -2.19. The highest BCUT2D eigenvalue weighted by molar-refractivity contribution is 8.18.